The summed E-state index contributed by atoms with van der Waals surface area (Å²) in [6.07, 6.45) is 2.09. The molecule has 0 saturated carbocycles. The van der Waals surface area contributed by atoms with E-state index in [0.29, 0.717) is 0 Å². The summed E-state index contributed by atoms with van der Waals surface area (Å²) >= 11 is 0. The van der Waals surface area contributed by atoms with Crippen molar-refractivity contribution in [1.29, 1.82) is 0 Å². The van der Waals surface area contributed by atoms with Crippen LogP contribution in [0.2, 0.25) is 0 Å². The Morgan fingerprint density at radius 3 is 1.43 bits per heavy atom. The molecule has 7 aromatic rings. The molecule has 230 valence electrons. The topological polar surface area (TPSA) is 3.24 Å². The second-order valence-corrected chi connectivity index (χ2v) is 14.8. The second-order valence-electron chi connectivity index (χ2n) is 12.7. The Labute approximate surface area is 280 Å². The molecule has 0 N–H and O–H groups in total. The molecule has 0 fully saturated rings. The quantitative estimate of drug-likeness (QED) is 0.159. The van der Waals surface area contributed by atoms with E-state index in [1.807, 2.05) is 0 Å². The van der Waals surface area contributed by atoms with Gasteiger partial charge in [-0.2, -0.15) is 0 Å². The fourth-order valence-corrected chi connectivity index (χ4v) is 10.5. The molecule has 2 atom stereocenters. The monoisotopic (exact) mass is 625 g/mol. The predicted molar refractivity (Wildman–Crippen MR) is 204 cm³/mol. The van der Waals surface area contributed by atoms with Gasteiger partial charge in [-0.1, -0.05) is 172 Å². The largest absolute Gasteiger partial charge is 0.285 e. The zero-order chi connectivity index (χ0) is 31.7. The Morgan fingerprint density at radius 2 is 0.915 bits per heavy atom. The third kappa shape index (κ3) is 5.29. The van der Waals surface area contributed by atoms with Crippen molar-refractivity contribution in [2.45, 2.75) is 45.3 Å². The van der Waals surface area contributed by atoms with Gasteiger partial charge in [0.05, 0.1) is 0 Å². The van der Waals surface area contributed by atoms with Crippen molar-refractivity contribution in [2.75, 3.05) is 0 Å². The van der Waals surface area contributed by atoms with Crippen molar-refractivity contribution in [3.63, 3.8) is 0 Å². The smallest absolute Gasteiger partial charge is 0.0361 e. The molecule has 0 aromatic heterocycles. The Hall–Kier alpha value is -4.55. The van der Waals surface area contributed by atoms with Gasteiger partial charge < -0.3 is 0 Å². The maximum atomic E-state index is 2.84. The van der Waals surface area contributed by atoms with Gasteiger partial charge >= 0.3 is 0 Å². The highest BCUT2D eigenvalue weighted by Gasteiger charge is 2.36. The normalized spacial score (nSPS) is 16.2. The highest BCUT2D eigenvalue weighted by atomic mass is 31.1. The molecule has 0 saturated heterocycles. The Bertz CT molecular complexity index is 2040. The third-order valence-electron chi connectivity index (χ3n) is 10.1. The van der Waals surface area contributed by atoms with Crippen LogP contribution in [0.3, 0.4) is 0 Å². The van der Waals surface area contributed by atoms with E-state index in [1.54, 1.807) is 0 Å². The molecule has 2 heteroatoms. The molecule has 0 spiro atoms. The summed E-state index contributed by atoms with van der Waals surface area (Å²) in [5.41, 5.74) is 7.17. The minimum atomic E-state index is -0.716. The molecule has 0 amide bonds. The SMILES string of the molecule is CC[C@@H]1c2ccc3ccccc3c2-c2c(ccc3ccccc23)[C@@H](CC)N1Cc1ccccc1P(c1ccccc1)c1ccccc1. The van der Waals surface area contributed by atoms with Gasteiger partial charge in [-0.3, -0.25) is 4.90 Å². The molecule has 47 heavy (non-hydrogen) atoms. The van der Waals surface area contributed by atoms with E-state index in [4.69, 9.17) is 0 Å². The van der Waals surface area contributed by atoms with E-state index in [2.05, 4.69) is 176 Å². The van der Waals surface area contributed by atoms with Crippen molar-refractivity contribution in [3.8, 4) is 11.1 Å². The van der Waals surface area contributed by atoms with Crippen LogP contribution in [-0.4, -0.2) is 4.90 Å². The van der Waals surface area contributed by atoms with Gasteiger partial charge in [0.25, 0.3) is 0 Å². The minimum absolute atomic E-state index is 0.276. The fraction of sp³-hybridized carbons (Fsp3) is 0.156. The van der Waals surface area contributed by atoms with E-state index in [1.165, 1.54) is 65.3 Å². The molecule has 0 aliphatic carbocycles. The fourth-order valence-electron chi connectivity index (χ4n) is 8.03. The molecule has 0 bridgehead atoms. The maximum Gasteiger partial charge on any atom is 0.0361 e. The summed E-state index contributed by atoms with van der Waals surface area (Å²) in [6.45, 7) is 5.65. The Morgan fingerprint density at radius 1 is 0.468 bits per heavy atom. The summed E-state index contributed by atoms with van der Waals surface area (Å²) in [5, 5.41) is 9.57. The second kappa shape index (κ2) is 12.9. The molecule has 0 radical (unpaired) electrons. The van der Waals surface area contributed by atoms with Crippen molar-refractivity contribution in [2.24, 2.45) is 0 Å². The van der Waals surface area contributed by atoms with Crippen LogP contribution in [0.5, 0.6) is 0 Å². The van der Waals surface area contributed by atoms with Crippen molar-refractivity contribution in [3.05, 3.63) is 174 Å². The van der Waals surface area contributed by atoms with E-state index in [-0.39, 0.29) is 12.1 Å². The van der Waals surface area contributed by atoms with E-state index in [0.717, 1.165) is 19.4 Å². The van der Waals surface area contributed by atoms with E-state index < -0.39 is 7.92 Å². The van der Waals surface area contributed by atoms with Gasteiger partial charge in [-0.25, -0.2) is 0 Å². The predicted octanol–water partition coefficient (Wildman–Crippen LogP) is 10.8. The van der Waals surface area contributed by atoms with Gasteiger partial charge in [-0.15, -0.1) is 0 Å². The lowest BCUT2D eigenvalue weighted by molar-refractivity contribution is 0.119. The lowest BCUT2D eigenvalue weighted by Crippen LogP contribution is -2.34. The highest BCUT2D eigenvalue weighted by molar-refractivity contribution is 7.79. The van der Waals surface area contributed by atoms with Gasteiger partial charge in [0, 0.05) is 18.6 Å². The molecular formula is C45H40NP. The third-order valence-corrected chi connectivity index (χ3v) is 12.6. The van der Waals surface area contributed by atoms with Crippen molar-refractivity contribution in [1.82, 2.24) is 4.90 Å². The van der Waals surface area contributed by atoms with Crippen LogP contribution in [0.1, 0.15) is 55.5 Å². The van der Waals surface area contributed by atoms with Crippen LogP contribution in [-0.2, 0) is 6.54 Å². The van der Waals surface area contributed by atoms with Crippen LogP contribution in [0.25, 0.3) is 32.7 Å². The van der Waals surface area contributed by atoms with Crippen molar-refractivity contribution < 1.29 is 0 Å². The van der Waals surface area contributed by atoms with Gasteiger partial charge in [-0.05, 0) is 86.0 Å². The summed E-state index contributed by atoms with van der Waals surface area (Å²) < 4.78 is 0. The molecule has 1 aliphatic rings. The number of hydrogen-bond acceptors (Lipinski definition) is 1. The summed E-state index contributed by atoms with van der Waals surface area (Å²) in [5.74, 6) is 0. The molecular weight excluding hydrogens is 585 g/mol. The molecule has 7 aromatic carbocycles. The van der Waals surface area contributed by atoms with Gasteiger partial charge in [0.15, 0.2) is 0 Å². The number of nitrogens with zero attached hydrogens (tertiary/aromatic N) is 1. The lowest BCUT2D eigenvalue weighted by Gasteiger charge is -2.38. The summed E-state index contributed by atoms with van der Waals surface area (Å²) in [6, 6.07) is 59.6. The zero-order valence-corrected chi connectivity index (χ0v) is 28.1. The molecule has 8 rings (SSSR count). The molecule has 0 unspecified atom stereocenters. The summed E-state index contributed by atoms with van der Waals surface area (Å²) in [4.78, 5) is 2.84. The first-order valence-corrected chi connectivity index (χ1v) is 18.4. The minimum Gasteiger partial charge on any atom is -0.285 e. The average Bonchev–Trinajstić information content (AvgIpc) is 3.25. The van der Waals surface area contributed by atoms with Crippen LogP contribution >= 0.6 is 7.92 Å². The zero-order valence-electron chi connectivity index (χ0n) is 27.2. The standard InChI is InChI=1S/C45H40NP/c1-3-41-39-29-27-32-17-11-14-24-37(32)44(39)45-38-25-15-12-18-33(38)28-30-40(45)42(4-2)46(41)31-34-19-13-16-26-43(34)47(35-20-7-5-8-21-35)36-22-9-6-10-23-36/h5-30,41-42H,3-4,31H2,1-2H3/t41-,42-/m1/s1. The van der Waals surface area contributed by atoms with Crippen LogP contribution in [0.4, 0.5) is 0 Å². The maximum absolute atomic E-state index is 2.84. The molecule has 1 heterocycles. The van der Waals surface area contributed by atoms with E-state index in [9.17, 15) is 0 Å². The van der Waals surface area contributed by atoms with E-state index >= 15 is 0 Å². The lowest BCUT2D eigenvalue weighted by atomic mass is 9.85. The average molecular weight is 626 g/mol. The number of benzene rings is 7. The number of hydrogen-bond donors (Lipinski definition) is 0. The Kier molecular flexibility index (Phi) is 8.20. The van der Waals surface area contributed by atoms with Gasteiger partial charge in [0.2, 0.25) is 0 Å². The summed E-state index contributed by atoms with van der Waals surface area (Å²) in [7, 11) is -0.716. The first kappa shape index (κ1) is 29.8. The highest BCUT2D eigenvalue weighted by Crippen LogP contribution is 2.51. The van der Waals surface area contributed by atoms with Gasteiger partial charge in [0.1, 0.15) is 0 Å². The molecule has 1 nitrogen and oxygen atoms in total. The van der Waals surface area contributed by atoms with Crippen LogP contribution < -0.4 is 15.9 Å². The van der Waals surface area contributed by atoms with Crippen molar-refractivity contribution >= 4 is 45.4 Å². The number of rotatable bonds is 7. The van der Waals surface area contributed by atoms with Crippen LogP contribution in [0, 0.1) is 0 Å². The molecule has 1 aliphatic heterocycles. The number of fused-ring (bicyclic) bond motifs is 7. The van der Waals surface area contributed by atoms with Crippen LogP contribution in [0.15, 0.2) is 158 Å². The Balaban J connectivity index is 1.36. The first-order chi connectivity index (χ1) is 23.3. The first-order valence-electron chi connectivity index (χ1n) is 17.0.